The number of carbonyl (C=O) groups is 1. The number of carbonyl (C=O) groups excluding carboxylic acids is 1. The maximum Gasteiger partial charge on any atom is 0.260 e. The van der Waals surface area contributed by atoms with E-state index in [9.17, 15) is 9.18 Å². The number of likely N-dealkylation sites (N-methyl/N-ethyl adjacent to an activating group) is 1. The minimum Gasteiger partial charge on any atom is -0.484 e. The molecule has 0 aromatic heterocycles. The van der Waals surface area contributed by atoms with Gasteiger partial charge in [0.05, 0.1) is 5.56 Å². The van der Waals surface area contributed by atoms with E-state index in [1.807, 2.05) is 6.92 Å². The van der Waals surface area contributed by atoms with E-state index in [1.54, 1.807) is 13.1 Å². The minimum atomic E-state index is -0.652. The number of ether oxygens (including phenoxy) is 1. The van der Waals surface area contributed by atoms with E-state index in [1.165, 1.54) is 17.0 Å². The number of nitriles is 1. The first-order valence-corrected chi connectivity index (χ1v) is 5.15. The molecule has 90 valence electrons. The fourth-order valence-electron chi connectivity index (χ4n) is 1.11. The molecule has 0 unspecified atom stereocenters. The second kappa shape index (κ2) is 5.85. The molecule has 0 atom stereocenters. The summed E-state index contributed by atoms with van der Waals surface area (Å²) in [5.74, 6) is -0.599. The van der Waals surface area contributed by atoms with Crippen molar-refractivity contribution in [2.75, 3.05) is 20.2 Å². The summed E-state index contributed by atoms with van der Waals surface area (Å²) in [4.78, 5) is 12.9. The molecule has 5 heteroatoms. The third-order valence-corrected chi connectivity index (χ3v) is 2.32. The van der Waals surface area contributed by atoms with Crippen LogP contribution in [0.2, 0.25) is 0 Å². The van der Waals surface area contributed by atoms with Crippen molar-refractivity contribution >= 4 is 5.91 Å². The summed E-state index contributed by atoms with van der Waals surface area (Å²) in [6.07, 6.45) is 0. The molecule has 0 spiro atoms. The summed E-state index contributed by atoms with van der Waals surface area (Å²) in [5, 5.41) is 8.54. The molecule has 4 nitrogen and oxygen atoms in total. The first kappa shape index (κ1) is 13.0. The Balaban J connectivity index is 2.62. The second-order valence-corrected chi connectivity index (χ2v) is 3.45. The van der Waals surface area contributed by atoms with Crippen molar-refractivity contribution in [3.8, 4) is 11.8 Å². The molecule has 0 heterocycles. The van der Waals surface area contributed by atoms with Crippen LogP contribution in [0.1, 0.15) is 12.5 Å². The fraction of sp³-hybridized carbons (Fsp3) is 0.333. The lowest BCUT2D eigenvalue weighted by molar-refractivity contribution is -0.131. The van der Waals surface area contributed by atoms with E-state index < -0.39 is 5.82 Å². The highest BCUT2D eigenvalue weighted by molar-refractivity contribution is 5.77. The number of nitrogens with zero attached hydrogens (tertiary/aromatic N) is 2. The van der Waals surface area contributed by atoms with Crippen molar-refractivity contribution in [1.82, 2.24) is 4.90 Å². The van der Waals surface area contributed by atoms with Crippen LogP contribution in [0.3, 0.4) is 0 Å². The van der Waals surface area contributed by atoms with Crippen molar-refractivity contribution in [3.63, 3.8) is 0 Å². The van der Waals surface area contributed by atoms with E-state index in [4.69, 9.17) is 10.00 Å². The molecule has 1 aromatic rings. The lowest BCUT2D eigenvalue weighted by Crippen LogP contribution is -2.31. The Hall–Kier alpha value is -2.09. The monoisotopic (exact) mass is 236 g/mol. The molecular formula is C12H13FN2O2. The molecule has 1 rings (SSSR count). The van der Waals surface area contributed by atoms with E-state index in [2.05, 4.69) is 0 Å². The zero-order valence-corrected chi connectivity index (χ0v) is 9.74. The molecule has 0 saturated heterocycles. The molecule has 17 heavy (non-hydrogen) atoms. The van der Waals surface area contributed by atoms with Crippen LogP contribution in [-0.2, 0) is 4.79 Å². The first-order valence-electron chi connectivity index (χ1n) is 5.15. The number of hydrogen-bond acceptors (Lipinski definition) is 3. The molecule has 1 aromatic carbocycles. The highest BCUT2D eigenvalue weighted by Gasteiger charge is 2.08. The molecule has 0 aliphatic carbocycles. The Morgan fingerprint density at radius 1 is 1.59 bits per heavy atom. The Kier molecular flexibility index (Phi) is 4.46. The average Bonchev–Trinajstić information content (AvgIpc) is 2.35. The van der Waals surface area contributed by atoms with Gasteiger partial charge < -0.3 is 9.64 Å². The quantitative estimate of drug-likeness (QED) is 0.797. The van der Waals surface area contributed by atoms with Crippen LogP contribution in [0.5, 0.6) is 5.75 Å². The Labute approximate surface area is 99.2 Å². The summed E-state index contributed by atoms with van der Waals surface area (Å²) in [6, 6.07) is 5.58. The standard InChI is InChI=1S/C12H13FN2O2/c1-3-15(2)12(16)8-17-10-5-4-9(7-14)11(13)6-10/h4-6H,3,8H2,1-2H3. The van der Waals surface area contributed by atoms with Gasteiger partial charge in [0.25, 0.3) is 5.91 Å². The number of hydrogen-bond donors (Lipinski definition) is 0. The van der Waals surface area contributed by atoms with Crippen LogP contribution in [0.15, 0.2) is 18.2 Å². The van der Waals surface area contributed by atoms with Crippen LogP contribution in [0.4, 0.5) is 4.39 Å². The van der Waals surface area contributed by atoms with Gasteiger partial charge >= 0.3 is 0 Å². The summed E-state index contributed by atoms with van der Waals surface area (Å²) in [5.41, 5.74) is -0.0469. The maximum atomic E-state index is 13.2. The summed E-state index contributed by atoms with van der Waals surface area (Å²) in [7, 11) is 1.66. The van der Waals surface area contributed by atoms with Gasteiger partial charge in [0, 0.05) is 19.7 Å². The molecule has 0 aliphatic heterocycles. The maximum absolute atomic E-state index is 13.2. The summed E-state index contributed by atoms with van der Waals surface area (Å²) < 4.78 is 18.3. The van der Waals surface area contributed by atoms with Gasteiger partial charge in [0.1, 0.15) is 17.6 Å². The molecule has 0 bridgehead atoms. The van der Waals surface area contributed by atoms with Crippen LogP contribution in [0, 0.1) is 17.1 Å². The summed E-state index contributed by atoms with van der Waals surface area (Å²) >= 11 is 0. The molecule has 0 aliphatic rings. The third kappa shape index (κ3) is 3.45. The molecular weight excluding hydrogens is 223 g/mol. The molecule has 0 saturated carbocycles. The first-order chi connectivity index (χ1) is 8.08. The Morgan fingerprint density at radius 3 is 2.82 bits per heavy atom. The van der Waals surface area contributed by atoms with Crippen LogP contribution in [0.25, 0.3) is 0 Å². The zero-order chi connectivity index (χ0) is 12.8. The third-order valence-electron chi connectivity index (χ3n) is 2.32. The largest absolute Gasteiger partial charge is 0.484 e. The van der Waals surface area contributed by atoms with Gasteiger partial charge in [0.2, 0.25) is 0 Å². The van der Waals surface area contributed by atoms with Crippen molar-refractivity contribution in [1.29, 1.82) is 5.26 Å². The number of amides is 1. The Bertz CT molecular complexity index is 454. The van der Waals surface area contributed by atoms with Gasteiger partial charge in [-0.2, -0.15) is 5.26 Å². The second-order valence-electron chi connectivity index (χ2n) is 3.45. The van der Waals surface area contributed by atoms with E-state index in [0.717, 1.165) is 6.07 Å². The average molecular weight is 236 g/mol. The van der Waals surface area contributed by atoms with Crippen LogP contribution < -0.4 is 4.74 Å². The number of benzene rings is 1. The van der Waals surface area contributed by atoms with Crippen molar-refractivity contribution in [2.24, 2.45) is 0 Å². The molecule has 0 fully saturated rings. The Morgan fingerprint density at radius 2 is 2.29 bits per heavy atom. The minimum absolute atomic E-state index is 0.0469. The van der Waals surface area contributed by atoms with Gasteiger partial charge in [-0.15, -0.1) is 0 Å². The lowest BCUT2D eigenvalue weighted by Gasteiger charge is -2.14. The predicted octanol–water partition coefficient (Wildman–Crippen LogP) is 1.55. The van der Waals surface area contributed by atoms with E-state index >= 15 is 0 Å². The van der Waals surface area contributed by atoms with Crippen LogP contribution in [-0.4, -0.2) is 31.0 Å². The smallest absolute Gasteiger partial charge is 0.260 e. The molecule has 0 radical (unpaired) electrons. The normalized spacial score (nSPS) is 9.53. The van der Waals surface area contributed by atoms with Gasteiger partial charge in [-0.25, -0.2) is 4.39 Å². The van der Waals surface area contributed by atoms with Gasteiger partial charge in [-0.1, -0.05) is 0 Å². The topological polar surface area (TPSA) is 53.3 Å². The SMILES string of the molecule is CCN(C)C(=O)COc1ccc(C#N)c(F)c1. The highest BCUT2D eigenvalue weighted by Crippen LogP contribution is 2.15. The lowest BCUT2D eigenvalue weighted by atomic mass is 10.2. The predicted molar refractivity (Wildman–Crippen MR) is 59.9 cm³/mol. The summed E-state index contributed by atoms with van der Waals surface area (Å²) in [6.45, 7) is 2.29. The van der Waals surface area contributed by atoms with Gasteiger partial charge in [-0.3, -0.25) is 4.79 Å². The molecule has 1 amide bonds. The number of halogens is 1. The van der Waals surface area contributed by atoms with E-state index in [-0.39, 0.29) is 23.8 Å². The van der Waals surface area contributed by atoms with E-state index in [0.29, 0.717) is 6.54 Å². The zero-order valence-electron chi connectivity index (χ0n) is 9.74. The van der Waals surface area contributed by atoms with Gasteiger partial charge in [-0.05, 0) is 19.1 Å². The highest BCUT2D eigenvalue weighted by atomic mass is 19.1. The van der Waals surface area contributed by atoms with Crippen molar-refractivity contribution in [3.05, 3.63) is 29.6 Å². The van der Waals surface area contributed by atoms with Crippen molar-refractivity contribution < 1.29 is 13.9 Å². The molecule has 0 N–H and O–H groups in total. The fourth-order valence-corrected chi connectivity index (χ4v) is 1.11. The van der Waals surface area contributed by atoms with Gasteiger partial charge in [0.15, 0.2) is 6.61 Å². The van der Waals surface area contributed by atoms with Crippen molar-refractivity contribution in [2.45, 2.75) is 6.92 Å². The van der Waals surface area contributed by atoms with Crippen LogP contribution >= 0.6 is 0 Å². The number of rotatable bonds is 4.